The molecule has 1 saturated heterocycles. The summed E-state index contributed by atoms with van der Waals surface area (Å²) in [6.45, 7) is 2.83. The van der Waals surface area contributed by atoms with Crippen molar-refractivity contribution in [3.05, 3.63) is 52.5 Å². The number of carbonyl (C=O) groups is 1. The summed E-state index contributed by atoms with van der Waals surface area (Å²) < 4.78 is 91.4. The number of hydrogen-bond donors (Lipinski definition) is 1. The minimum atomic E-state index is -4.70. The monoisotopic (exact) mass is 496 g/mol. The molecule has 1 aliphatic rings. The van der Waals surface area contributed by atoms with E-state index in [0.29, 0.717) is 16.4 Å². The van der Waals surface area contributed by atoms with Crippen LogP contribution < -0.4 is 9.03 Å². The Labute approximate surface area is 181 Å². The lowest BCUT2D eigenvalue weighted by atomic mass is 10.2. The van der Waals surface area contributed by atoms with E-state index in [4.69, 9.17) is 11.6 Å². The average molecular weight is 497 g/mol. The zero-order valence-corrected chi connectivity index (χ0v) is 18.5. The van der Waals surface area contributed by atoms with Crippen LogP contribution in [0, 0.1) is 12.8 Å². The molecular weight excluding hydrogens is 481 g/mol. The van der Waals surface area contributed by atoms with Gasteiger partial charge in [-0.3, -0.25) is 9.52 Å². The normalized spacial score (nSPS) is 19.0. The predicted molar refractivity (Wildman–Crippen MR) is 109 cm³/mol. The van der Waals surface area contributed by atoms with Crippen molar-refractivity contribution in [3.8, 4) is 0 Å². The smallest absolute Gasteiger partial charge is 0.278 e. The highest BCUT2D eigenvalue weighted by atomic mass is 35.5. The van der Waals surface area contributed by atoms with Gasteiger partial charge in [-0.2, -0.15) is 13.2 Å². The minimum absolute atomic E-state index is 0.0251. The van der Waals surface area contributed by atoms with Gasteiger partial charge >= 0.3 is 6.18 Å². The summed E-state index contributed by atoms with van der Waals surface area (Å²) in [5.74, 6) is -1.73. The average Bonchev–Trinajstić information content (AvgIpc) is 2.82. The van der Waals surface area contributed by atoms with Crippen LogP contribution in [0.1, 0.15) is 18.1 Å². The highest BCUT2D eigenvalue weighted by Crippen LogP contribution is 2.35. The van der Waals surface area contributed by atoms with E-state index < -0.39 is 49.3 Å². The maximum absolute atomic E-state index is 12.9. The van der Waals surface area contributed by atoms with E-state index in [1.807, 2.05) is 4.72 Å². The number of sulfonamides is 2. The summed E-state index contributed by atoms with van der Waals surface area (Å²) in [7, 11) is -8.26. The molecule has 0 aliphatic carbocycles. The van der Waals surface area contributed by atoms with Gasteiger partial charge in [-0.15, -0.1) is 0 Å². The van der Waals surface area contributed by atoms with Gasteiger partial charge in [0.1, 0.15) is 0 Å². The molecule has 0 bridgehead atoms. The first-order valence-corrected chi connectivity index (χ1v) is 12.2. The van der Waals surface area contributed by atoms with E-state index in [1.165, 1.54) is 19.9 Å². The molecule has 1 fully saturated rings. The number of rotatable bonds is 4. The Hall–Kier alpha value is -2.31. The van der Waals surface area contributed by atoms with Crippen molar-refractivity contribution in [2.75, 3.05) is 14.8 Å². The molecule has 0 radical (unpaired) electrons. The Kier molecular flexibility index (Phi) is 5.78. The zero-order chi connectivity index (χ0) is 23.4. The first kappa shape index (κ1) is 23.4. The van der Waals surface area contributed by atoms with Crippen LogP contribution in [-0.2, 0) is 31.0 Å². The highest BCUT2D eigenvalue weighted by Gasteiger charge is 2.42. The van der Waals surface area contributed by atoms with Crippen LogP contribution in [0.3, 0.4) is 0 Å². The molecule has 1 unspecified atom stereocenters. The maximum atomic E-state index is 12.9. The molecule has 0 aromatic heterocycles. The molecule has 1 amide bonds. The number of aryl methyl sites for hydroxylation is 1. The molecule has 1 N–H and O–H groups in total. The minimum Gasteiger partial charge on any atom is -0.278 e. The van der Waals surface area contributed by atoms with Gasteiger partial charge in [0, 0.05) is 0 Å². The Morgan fingerprint density at radius 1 is 1.16 bits per heavy atom. The van der Waals surface area contributed by atoms with Gasteiger partial charge in [-0.05, 0) is 48.9 Å². The molecular formula is C18H16ClF3N2O5S2. The molecule has 7 nitrogen and oxygen atoms in total. The second-order valence-electron chi connectivity index (χ2n) is 7.03. The summed E-state index contributed by atoms with van der Waals surface area (Å²) in [5.41, 5.74) is -1.50. The van der Waals surface area contributed by atoms with Gasteiger partial charge in [-0.25, -0.2) is 21.1 Å². The van der Waals surface area contributed by atoms with Gasteiger partial charge in [0.2, 0.25) is 15.9 Å². The molecule has 3 rings (SSSR count). The summed E-state index contributed by atoms with van der Waals surface area (Å²) in [5, 5.41) is -0.242. The van der Waals surface area contributed by atoms with Crippen LogP contribution in [0.15, 0.2) is 41.3 Å². The molecule has 0 spiro atoms. The first-order valence-electron chi connectivity index (χ1n) is 8.70. The van der Waals surface area contributed by atoms with Crippen LogP contribution >= 0.6 is 11.6 Å². The van der Waals surface area contributed by atoms with Crippen LogP contribution in [0.4, 0.5) is 24.5 Å². The van der Waals surface area contributed by atoms with E-state index in [9.17, 15) is 34.8 Å². The van der Waals surface area contributed by atoms with Gasteiger partial charge in [0.05, 0.1) is 38.5 Å². The maximum Gasteiger partial charge on any atom is 0.416 e. The molecule has 1 heterocycles. The van der Waals surface area contributed by atoms with Crippen molar-refractivity contribution in [2.24, 2.45) is 5.92 Å². The Morgan fingerprint density at radius 3 is 2.32 bits per heavy atom. The fourth-order valence-electron chi connectivity index (χ4n) is 3.13. The molecule has 13 heteroatoms. The van der Waals surface area contributed by atoms with E-state index >= 15 is 0 Å². The molecule has 2 aromatic rings. The van der Waals surface area contributed by atoms with Gasteiger partial charge in [0.25, 0.3) is 10.0 Å². The largest absolute Gasteiger partial charge is 0.416 e. The van der Waals surface area contributed by atoms with Crippen molar-refractivity contribution in [3.63, 3.8) is 0 Å². The molecule has 31 heavy (non-hydrogen) atoms. The third kappa shape index (κ3) is 4.51. The van der Waals surface area contributed by atoms with E-state index in [0.717, 1.165) is 18.2 Å². The predicted octanol–water partition coefficient (Wildman–Crippen LogP) is 3.78. The van der Waals surface area contributed by atoms with Crippen molar-refractivity contribution in [1.82, 2.24) is 0 Å². The van der Waals surface area contributed by atoms with E-state index in [2.05, 4.69) is 0 Å². The number of amides is 1. The van der Waals surface area contributed by atoms with Crippen molar-refractivity contribution in [1.29, 1.82) is 0 Å². The van der Waals surface area contributed by atoms with Gasteiger partial charge in [0.15, 0.2) is 0 Å². The fraction of sp³-hybridized carbons (Fsp3) is 0.278. The number of carbonyl (C=O) groups excluding carboxylic acids is 1. The zero-order valence-electron chi connectivity index (χ0n) is 16.1. The third-order valence-electron chi connectivity index (χ3n) is 4.58. The fourth-order valence-corrected chi connectivity index (χ4v) is 6.46. The lowest BCUT2D eigenvalue weighted by Crippen LogP contribution is -2.30. The Bertz CT molecular complexity index is 1280. The van der Waals surface area contributed by atoms with Crippen molar-refractivity contribution in [2.45, 2.75) is 24.9 Å². The van der Waals surface area contributed by atoms with Crippen molar-refractivity contribution < 1.29 is 34.8 Å². The number of nitrogens with one attached hydrogen (secondary N) is 1. The highest BCUT2D eigenvalue weighted by molar-refractivity contribution is 7.94. The van der Waals surface area contributed by atoms with Gasteiger partial charge < -0.3 is 0 Å². The molecule has 0 saturated carbocycles. The number of halogens is 4. The van der Waals surface area contributed by atoms with Crippen LogP contribution in [0.25, 0.3) is 0 Å². The number of alkyl halides is 3. The first-order chi connectivity index (χ1) is 14.1. The second-order valence-corrected chi connectivity index (χ2v) is 11.0. The number of nitrogens with zero attached hydrogens (tertiary/aromatic N) is 1. The van der Waals surface area contributed by atoms with Crippen molar-refractivity contribution >= 4 is 48.9 Å². The van der Waals surface area contributed by atoms with Gasteiger partial charge in [-0.1, -0.05) is 18.5 Å². The molecule has 1 aliphatic heterocycles. The van der Waals surface area contributed by atoms with Crippen LogP contribution in [0.5, 0.6) is 0 Å². The summed E-state index contributed by atoms with van der Waals surface area (Å²) in [6, 6.07) is 5.62. The standard InChI is InChI=1S/C18H16ClF3N2O5S2/c1-10-7-13(24-17(25)11(2)9-30(24,26)27)4-6-16(10)31(28,29)23-15-8-12(18(20,21)22)3-5-14(15)19/h3-8,11,23H,9H2,1-2H3. The number of anilines is 2. The molecule has 1 atom stereocenters. The number of hydrogen-bond acceptors (Lipinski definition) is 5. The van der Waals surface area contributed by atoms with E-state index in [-0.39, 0.29) is 26.9 Å². The van der Waals surface area contributed by atoms with Crippen LogP contribution in [0.2, 0.25) is 5.02 Å². The SMILES string of the molecule is Cc1cc(N2C(=O)C(C)CS2(=O)=O)ccc1S(=O)(=O)Nc1cc(C(F)(F)F)ccc1Cl. The summed E-state index contributed by atoms with van der Waals surface area (Å²) in [6.07, 6.45) is -4.70. The summed E-state index contributed by atoms with van der Waals surface area (Å²) in [4.78, 5) is 11.9. The van der Waals surface area contributed by atoms with E-state index in [1.54, 1.807) is 0 Å². The number of benzene rings is 2. The second kappa shape index (κ2) is 7.68. The lowest BCUT2D eigenvalue weighted by Gasteiger charge is -2.18. The summed E-state index contributed by atoms with van der Waals surface area (Å²) >= 11 is 5.85. The Balaban J connectivity index is 1.98. The topological polar surface area (TPSA) is 101 Å². The Morgan fingerprint density at radius 2 is 1.81 bits per heavy atom. The molecule has 2 aromatic carbocycles. The quantitative estimate of drug-likeness (QED) is 0.694. The van der Waals surface area contributed by atoms with Crippen LogP contribution in [-0.4, -0.2) is 28.5 Å². The molecule has 168 valence electrons. The lowest BCUT2D eigenvalue weighted by molar-refractivity contribution is -0.137. The third-order valence-corrected chi connectivity index (χ3v) is 8.30.